The van der Waals surface area contributed by atoms with Crippen molar-refractivity contribution >= 4 is 0 Å². The molecule has 0 heterocycles. The van der Waals surface area contributed by atoms with Crippen molar-refractivity contribution in [2.75, 3.05) is 0 Å². The van der Waals surface area contributed by atoms with Gasteiger partial charge in [-0.25, -0.2) is 0 Å². The van der Waals surface area contributed by atoms with Gasteiger partial charge in [0.05, 0.1) is 0 Å². The van der Waals surface area contributed by atoms with E-state index in [-0.39, 0.29) is 0 Å². The maximum absolute atomic E-state index is 6.39. The zero-order valence-electron chi connectivity index (χ0n) is 2.71. The molecule has 1 N–H and O–H groups in total. The SMILES string of the molecule is C=C(C)[NH]. The highest BCUT2D eigenvalue weighted by atomic mass is 14.5. The zero-order chi connectivity index (χ0) is 3.58. The average Bonchev–Trinajstić information content (AvgIpc) is 0.811. The van der Waals surface area contributed by atoms with Crippen molar-refractivity contribution in [2.24, 2.45) is 0 Å². The molecule has 0 fully saturated rings. The minimum absolute atomic E-state index is 0.417. The fraction of sp³-hybridized carbons (Fsp3) is 0.333. The molecule has 0 aliphatic carbocycles. The van der Waals surface area contributed by atoms with E-state index in [1.165, 1.54) is 0 Å². The highest BCUT2D eigenvalue weighted by Gasteiger charge is 1.53. The number of rotatable bonds is 0. The van der Waals surface area contributed by atoms with Crippen LogP contribution in [0, 0.1) is 0 Å². The molecule has 0 aromatic rings. The van der Waals surface area contributed by atoms with E-state index in [4.69, 9.17) is 5.73 Å². The Labute approximate surface area is 26.1 Å². The van der Waals surface area contributed by atoms with Crippen LogP contribution in [0.4, 0.5) is 0 Å². The Morgan fingerprint density at radius 2 is 2.00 bits per heavy atom. The summed E-state index contributed by atoms with van der Waals surface area (Å²) < 4.78 is 0. The second-order valence-corrected chi connectivity index (χ2v) is 0.780. The van der Waals surface area contributed by atoms with Crippen molar-refractivity contribution in [1.29, 1.82) is 0 Å². The summed E-state index contributed by atoms with van der Waals surface area (Å²) in [6.45, 7) is 4.86. The van der Waals surface area contributed by atoms with E-state index in [2.05, 4.69) is 6.58 Å². The summed E-state index contributed by atoms with van der Waals surface area (Å²) in [5.41, 5.74) is 6.81. The number of allylic oxidation sites excluding steroid dienone is 1. The largest absolute Gasteiger partial charge is 0.306 e. The van der Waals surface area contributed by atoms with E-state index in [1.807, 2.05) is 0 Å². The molecule has 0 saturated carbocycles. The molecule has 4 heavy (non-hydrogen) atoms. The maximum atomic E-state index is 6.39. The van der Waals surface area contributed by atoms with Crippen LogP contribution in [0.3, 0.4) is 0 Å². The van der Waals surface area contributed by atoms with Crippen LogP contribution < -0.4 is 5.73 Å². The van der Waals surface area contributed by atoms with Gasteiger partial charge in [0.2, 0.25) is 0 Å². The van der Waals surface area contributed by atoms with Gasteiger partial charge in [-0.15, -0.1) is 0 Å². The molecule has 0 atom stereocenters. The van der Waals surface area contributed by atoms with E-state index in [0.29, 0.717) is 5.70 Å². The van der Waals surface area contributed by atoms with E-state index >= 15 is 0 Å². The van der Waals surface area contributed by atoms with Crippen molar-refractivity contribution in [3.63, 3.8) is 0 Å². The first-order valence-corrected chi connectivity index (χ1v) is 1.10. The lowest BCUT2D eigenvalue weighted by Crippen LogP contribution is -1.60. The summed E-state index contributed by atoms with van der Waals surface area (Å²) in [5.74, 6) is 0. The van der Waals surface area contributed by atoms with Crippen LogP contribution in [0.5, 0.6) is 0 Å². The third-order valence-corrected chi connectivity index (χ3v) is 0. The number of hydrogen-bond donors (Lipinski definition) is 0. The van der Waals surface area contributed by atoms with Gasteiger partial charge in [-0.05, 0) is 6.92 Å². The fourth-order valence-corrected chi connectivity index (χ4v) is 0. The first-order valence-electron chi connectivity index (χ1n) is 1.10. The van der Waals surface area contributed by atoms with Crippen LogP contribution >= 0.6 is 0 Å². The van der Waals surface area contributed by atoms with Gasteiger partial charge in [0, 0.05) is 5.70 Å². The quantitative estimate of drug-likeness (QED) is 0.392. The Balaban J connectivity index is 2.80. The average molecular weight is 56.1 g/mol. The first-order chi connectivity index (χ1) is 1.73. The molecule has 0 aromatic heterocycles. The van der Waals surface area contributed by atoms with E-state index in [0.717, 1.165) is 0 Å². The monoisotopic (exact) mass is 56.1 g/mol. The maximum Gasteiger partial charge on any atom is 0.0211 e. The first kappa shape index (κ1) is 3.54. The second-order valence-electron chi connectivity index (χ2n) is 0.780. The molecule has 1 heteroatoms. The molecule has 0 spiro atoms. The predicted molar refractivity (Wildman–Crippen MR) is 17.9 cm³/mol. The van der Waals surface area contributed by atoms with Crippen LogP contribution in [0.2, 0.25) is 0 Å². The Kier molecular flexibility index (Phi) is 0.826. The summed E-state index contributed by atoms with van der Waals surface area (Å²) >= 11 is 0. The highest BCUT2D eigenvalue weighted by molar-refractivity contribution is 4.75. The molecule has 1 nitrogen and oxygen atoms in total. The third-order valence-electron chi connectivity index (χ3n) is 0. The Morgan fingerprint density at radius 3 is 2.00 bits per heavy atom. The third kappa shape index (κ3) is 2.12. The molecule has 1 radical (unpaired) electrons. The van der Waals surface area contributed by atoms with E-state index in [1.54, 1.807) is 6.92 Å². The Hall–Kier alpha value is -0.460. The number of hydrogen-bond acceptors (Lipinski definition) is 0. The highest BCUT2D eigenvalue weighted by Crippen LogP contribution is 1.64. The van der Waals surface area contributed by atoms with Crippen molar-refractivity contribution in [3.05, 3.63) is 12.3 Å². The van der Waals surface area contributed by atoms with Gasteiger partial charge in [0.15, 0.2) is 0 Å². The molecular formula is C3H6N. The number of nitrogens with one attached hydrogen (secondary N) is 1. The molecule has 0 aromatic carbocycles. The predicted octanol–water partition coefficient (Wildman–Crippen LogP) is 0.803. The summed E-state index contributed by atoms with van der Waals surface area (Å²) in [4.78, 5) is 0. The molecule has 0 aliphatic rings. The van der Waals surface area contributed by atoms with E-state index < -0.39 is 0 Å². The molecule has 0 aliphatic heterocycles. The van der Waals surface area contributed by atoms with Crippen molar-refractivity contribution in [2.45, 2.75) is 6.92 Å². The topological polar surface area (TPSA) is 23.8 Å². The van der Waals surface area contributed by atoms with Gasteiger partial charge in [-0.3, -0.25) is 0 Å². The normalized spacial score (nSPS) is 6.25. The van der Waals surface area contributed by atoms with E-state index in [9.17, 15) is 0 Å². The molecule has 0 amide bonds. The lowest BCUT2D eigenvalue weighted by Gasteiger charge is -1.65. The molecule has 23 valence electrons. The van der Waals surface area contributed by atoms with Gasteiger partial charge in [-0.1, -0.05) is 6.58 Å². The van der Waals surface area contributed by atoms with Gasteiger partial charge < -0.3 is 5.73 Å². The second kappa shape index (κ2) is 0.934. The fourth-order valence-electron chi connectivity index (χ4n) is 0. The van der Waals surface area contributed by atoms with Crippen molar-refractivity contribution in [1.82, 2.24) is 5.73 Å². The molecule has 0 saturated heterocycles. The van der Waals surface area contributed by atoms with Crippen LogP contribution in [-0.2, 0) is 0 Å². The van der Waals surface area contributed by atoms with Crippen LogP contribution in [-0.4, -0.2) is 0 Å². The minimum Gasteiger partial charge on any atom is -0.306 e. The molecule has 0 bridgehead atoms. The smallest absolute Gasteiger partial charge is 0.0211 e. The molecular weight excluding hydrogens is 50.0 g/mol. The Bertz CT molecular complexity index is 26.3. The van der Waals surface area contributed by atoms with Crippen molar-refractivity contribution in [3.8, 4) is 0 Å². The molecule has 0 unspecified atom stereocenters. The van der Waals surface area contributed by atoms with Crippen LogP contribution in [0.25, 0.3) is 0 Å². The van der Waals surface area contributed by atoms with Crippen molar-refractivity contribution < 1.29 is 0 Å². The zero-order valence-corrected chi connectivity index (χ0v) is 2.71. The summed E-state index contributed by atoms with van der Waals surface area (Å²) in [5, 5.41) is 0. The van der Waals surface area contributed by atoms with Gasteiger partial charge in [-0.2, -0.15) is 0 Å². The standard InChI is InChI=1S/C3H6N/c1-3(2)4/h4H,1H2,2H3. The van der Waals surface area contributed by atoms with Crippen LogP contribution in [0.15, 0.2) is 12.3 Å². The summed E-state index contributed by atoms with van der Waals surface area (Å²) in [7, 11) is 0. The van der Waals surface area contributed by atoms with Crippen LogP contribution in [0.1, 0.15) is 6.92 Å². The minimum atomic E-state index is 0.417. The Morgan fingerprint density at radius 1 is 2.00 bits per heavy atom. The summed E-state index contributed by atoms with van der Waals surface area (Å²) in [6, 6.07) is 0. The van der Waals surface area contributed by atoms with Gasteiger partial charge in [0.25, 0.3) is 0 Å². The van der Waals surface area contributed by atoms with Gasteiger partial charge in [0.1, 0.15) is 0 Å². The lowest BCUT2D eigenvalue weighted by molar-refractivity contribution is 1.29. The lowest BCUT2D eigenvalue weighted by atomic mass is 10.6. The molecule has 0 rings (SSSR count). The summed E-state index contributed by atoms with van der Waals surface area (Å²) in [6.07, 6.45) is 0. The van der Waals surface area contributed by atoms with Gasteiger partial charge >= 0.3 is 0 Å².